The topological polar surface area (TPSA) is 26.0 Å². The van der Waals surface area contributed by atoms with Crippen molar-refractivity contribution in [2.75, 3.05) is 5.73 Å². The SMILES string of the molecule is Cc1ccc(N)c2sccc12. The normalized spacial score (nSPS) is 10.6. The molecule has 0 aliphatic rings. The molecule has 0 bridgehead atoms. The van der Waals surface area contributed by atoms with E-state index in [9.17, 15) is 0 Å². The Morgan fingerprint density at radius 2 is 2.09 bits per heavy atom. The van der Waals surface area contributed by atoms with Crippen LogP contribution < -0.4 is 5.73 Å². The number of hydrogen-bond donors (Lipinski definition) is 1. The quantitative estimate of drug-likeness (QED) is 0.594. The van der Waals surface area contributed by atoms with Gasteiger partial charge in [-0.2, -0.15) is 0 Å². The summed E-state index contributed by atoms with van der Waals surface area (Å²) in [7, 11) is 0. The molecule has 2 rings (SSSR count). The molecular formula is C9H9NS. The smallest absolute Gasteiger partial charge is 0.0574 e. The molecule has 1 heterocycles. The van der Waals surface area contributed by atoms with E-state index in [1.807, 2.05) is 6.07 Å². The van der Waals surface area contributed by atoms with Gasteiger partial charge in [0.25, 0.3) is 0 Å². The maximum atomic E-state index is 5.78. The van der Waals surface area contributed by atoms with E-state index in [-0.39, 0.29) is 0 Å². The van der Waals surface area contributed by atoms with E-state index in [4.69, 9.17) is 5.73 Å². The van der Waals surface area contributed by atoms with E-state index in [2.05, 4.69) is 24.4 Å². The summed E-state index contributed by atoms with van der Waals surface area (Å²) in [5.41, 5.74) is 7.97. The van der Waals surface area contributed by atoms with Gasteiger partial charge in [-0.25, -0.2) is 0 Å². The first kappa shape index (κ1) is 6.68. The van der Waals surface area contributed by atoms with Crippen molar-refractivity contribution in [1.29, 1.82) is 0 Å². The molecular weight excluding hydrogens is 154 g/mol. The van der Waals surface area contributed by atoms with Gasteiger partial charge in [-0.1, -0.05) is 6.07 Å². The number of nitrogen functional groups attached to an aromatic ring is 1. The predicted octanol–water partition coefficient (Wildman–Crippen LogP) is 2.79. The van der Waals surface area contributed by atoms with Crippen molar-refractivity contribution in [3.8, 4) is 0 Å². The van der Waals surface area contributed by atoms with Crippen LogP contribution in [0.4, 0.5) is 5.69 Å². The Morgan fingerprint density at radius 1 is 1.27 bits per heavy atom. The molecule has 56 valence electrons. The minimum absolute atomic E-state index is 0.889. The molecule has 11 heavy (non-hydrogen) atoms. The van der Waals surface area contributed by atoms with Crippen molar-refractivity contribution in [3.63, 3.8) is 0 Å². The number of nitrogens with two attached hydrogens (primary N) is 1. The van der Waals surface area contributed by atoms with E-state index in [0.717, 1.165) is 5.69 Å². The molecule has 0 radical (unpaired) electrons. The molecule has 0 spiro atoms. The van der Waals surface area contributed by atoms with Gasteiger partial charge in [0.15, 0.2) is 0 Å². The zero-order valence-corrected chi connectivity index (χ0v) is 7.11. The van der Waals surface area contributed by atoms with Crippen LogP contribution in [0.3, 0.4) is 0 Å². The van der Waals surface area contributed by atoms with Gasteiger partial charge in [-0.3, -0.25) is 0 Å². The summed E-state index contributed by atoms with van der Waals surface area (Å²) in [6.07, 6.45) is 0. The second kappa shape index (κ2) is 2.24. The van der Waals surface area contributed by atoms with Crippen LogP contribution in [0.1, 0.15) is 5.56 Å². The fraction of sp³-hybridized carbons (Fsp3) is 0.111. The van der Waals surface area contributed by atoms with Crippen LogP contribution in [-0.4, -0.2) is 0 Å². The summed E-state index contributed by atoms with van der Waals surface area (Å²) in [5.74, 6) is 0. The number of thiophene rings is 1. The molecule has 1 aromatic carbocycles. The maximum Gasteiger partial charge on any atom is 0.0574 e. The van der Waals surface area contributed by atoms with Gasteiger partial charge in [0, 0.05) is 5.69 Å². The molecule has 0 aliphatic heterocycles. The third-order valence-electron chi connectivity index (χ3n) is 1.87. The molecule has 2 N–H and O–H groups in total. The third-order valence-corrected chi connectivity index (χ3v) is 2.83. The van der Waals surface area contributed by atoms with Crippen LogP contribution in [0, 0.1) is 6.92 Å². The summed E-state index contributed by atoms with van der Waals surface area (Å²) < 4.78 is 1.21. The first-order valence-corrected chi connectivity index (χ1v) is 4.39. The lowest BCUT2D eigenvalue weighted by molar-refractivity contribution is 1.55. The lowest BCUT2D eigenvalue weighted by atomic mass is 10.1. The van der Waals surface area contributed by atoms with Crippen molar-refractivity contribution in [1.82, 2.24) is 0 Å². The second-order valence-corrected chi connectivity index (χ2v) is 3.55. The van der Waals surface area contributed by atoms with E-state index >= 15 is 0 Å². The molecule has 0 saturated heterocycles. The second-order valence-electron chi connectivity index (χ2n) is 2.64. The highest BCUT2D eigenvalue weighted by Crippen LogP contribution is 2.28. The van der Waals surface area contributed by atoms with E-state index in [0.29, 0.717) is 0 Å². The zero-order chi connectivity index (χ0) is 7.84. The Bertz CT molecular complexity index is 353. The number of rotatable bonds is 0. The molecule has 1 aromatic heterocycles. The van der Waals surface area contributed by atoms with Gasteiger partial charge in [0.1, 0.15) is 0 Å². The molecule has 1 nitrogen and oxygen atoms in total. The minimum atomic E-state index is 0.889. The summed E-state index contributed by atoms with van der Waals surface area (Å²) in [6.45, 7) is 2.11. The van der Waals surface area contributed by atoms with Crippen LogP contribution in [0.25, 0.3) is 10.1 Å². The fourth-order valence-electron chi connectivity index (χ4n) is 1.22. The van der Waals surface area contributed by atoms with Crippen LogP contribution in [0.2, 0.25) is 0 Å². The van der Waals surface area contributed by atoms with Crippen molar-refractivity contribution in [2.24, 2.45) is 0 Å². The largest absolute Gasteiger partial charge is 0.398 e. The number of fused-ring (bicyclic) bond motifs is 1. The monoisotopic (exact) mass is 163 g/mol. The fourth-order valence-corrected chi connectivity index (χ4v) is 2.12. The Balaban J connectivity index is 2.96. The summed E-state index contributed by atoms with van der Waals surface area (Å²) in [4.78, 5) is 0. The van der Waals surface area contributed by atoms with Crippen molar-refractivity contribution >= 4 is 27.1 Å². The van der Waals surface area contributed by atoms with Crippen molar-refractivity contribution in [2.45, 2.75) is 6.92 Å². The highest BCUT2D eigenvalue weighted by atomic mass is 32.1. The minimum Gasteiger partial charge on any atom is -0.398 e. The van der Waals surface area contributed by atoms with Gasteiger partial charge in [-0.15, -0.1) is 11.3 Å². The van der Waals surface area contributed by atoms with Gasteiger partial charge >= 0.3 is 0 Å². The lowest BCUT2D eigenvalue weighted by Gasteiger charge is -1.97. The Kier molecular flexibility index (Phi) is 1.36. The Morgan fingerprint density at radius 3 is 2.82 bits per heavy atom. The van der Waals surface area contributed by atoms with Crippen LogP contribution in [0.15, 0.2) is 23.6 Å². The van der Waals surface area contributed by atoms with E-state index in [1.54, 1.807) is 11.3 Å². The molecule has 0 saturated carbocycles. The Hall–Kier alpha value is -1.02. The molecule has 0 atom stereocenters. The highest BCUT2D eigenvalue weighted by Gasteiger charge is 2.00. The molecule has 0 aliphatic carbocycles. The first-order chi connectivity index (χ1) is 5.29. The average molecular weight is 163 g/mol. The lowest BCUT2D eigenvalue weighted by Crippen LogP contribution is -1.84. The van der Waals surface area contributed by atoms with Crippen LogP contribution in [0.5, 0.6) is 0 Å². The van der Waals surface area contributed by atoms with Crippen molar-refractivity contribution < 1.29 is 0 Å². The predicted molar refractivity (Wildman–Crippen MR) is 51.0 cm³/mol. The van der Waals surface area contributed by atoms with Gasteiger partial charge < -0.3 is 5.73 Å². The number of aryl methyl sites for hydroxylation is 1. The first-order valence-electron chi connectivity index (χ1n) is 3.51. The Labute approximate surface area is 69.5 Å². The van der Waals surface area contributed by atoms with Crippen LogP contribution >= 0.6 is 11.3 Å². The molecule has 2 aromatic rings. The molecule has 0 amide bonds. The highest BCUT2D eigenvalue weighted by molar-refractivity contribution is 7.17. The summed E-state index contributed by atoms with van der Waals surface area (Å²) in [5, 5.41) is 3.36. The van der Waals surface area contributed by atoms with Crippen LogP contribution in [-0.2, 0) is 0 Å². The van der Waals surface area contributed by atoms with E-state index < -0.39 is 0 Å². The molecule has 0 unspecified atom stereocenters. The number of anilines is 1. The van der Waals surface area contributed by atoms with Gasteiger partial charge in [0.2, 0.25) is 0 Å². The summed E-state index contributed by atoms with van der Waals surface area (Å²) >= 11 is 1.70. The van der Waals surface area contributed by atoms with Gasteiger partial charge in [0.05, 0.1) is 4.70 Å². The standard InChI is InChI=1S/C9H9NS/c1-6-2-3-8(10)9-7(6)4-5-11-9/h2-5H,10H2,1H3. The number of benzene rings is 1. The van der Waals surface area contributed by atoms with Gasteiger partial charge in [-0.05, 0) is 35.4 Å². The van der Waals surface area contributed by atoms with E-state index in [1.165, 1.54) is 15.6 Å². The number of hydrogen-bond acceptors (Lipinski definition) is 2. The maximum absolute atomic E-state index is 5.78. The molecule has 2 heteroatoms. The zero-order valence-electron chi connectivity index (χ0n) is 6.29. The third kappa shape index (κ3) is 0.906. The molecule has 0 fully saturated rings. The van der Waals surface area contributed by atoms with Crippen molar-refractivity contribution in [3.05, 3.63) is 29.1 Å². The summed E-state index contributed by atoms with van der Waals surface area (Å²) in [6, 6.07) is 6.14. The average Bonchev–Trinajstić information content (AvgIpc) is 2.45.